The molecular weight excluding hydrogens is 284 g/mol. The third kappa shape index (κ3) is 2.72. The normalized spacial score (nSPS) is 15.5. The Balaban J connectivity index is 1.82. The second kappa shape index (κ2) is 5.97. The van der Waals surface area contributed by atoms with E-state index >= 15 is 0 Å². The summed E-state index contributed by atoms with van der Waals surface area (Å²) in [6, 6.07) is -0.0289. The van der Waals surface area contributed by atoms with Crippen molar-refractivity contribution >= 4 is 17.2 Å². The van der Waals surface area contributed by atoms with E-state index in [9.17, 15) is 4.79 Å². The maximum absolute atomic E-state index is 12.6. The molecule has 21 heavy (non-hydrogen) atoms. The average molecular weight is 304 g/mol. The van der Waals surface area contributed by atoms with Crippen LogP contribution >= 0.6 is 11.3 Å². The van der Waals surface area contributed by atoms with Crippen molar-refractivity contribution in [1.29, 1.82) is 0 Å². The van der Waals surface area contributed by atoms with Gasteiger partial charge >= 0.3 is 0 Å². The van der Waals surface area contributed by atoms with E-state index in [1.54, 1.807) is 17.5 Å². The van der Waals surface area contributed by atoms with Crippen molar-refractivity contribution in [3.8, 4) is 0 Å². The molecule has 1 atom stereocenters. The first-order chi connectivity index (χ1) is 10.2. The third-order valence-electron chi connectivity index (χ3n) is 4.04. The number of nitrogens with one attached hydrogen (secondary N) is 1. The zero-order valence-corrected chi connectivity index (χ0v) is 13.2. The van der Waals surface area contributed by atoms with Crippen molar-refractivity contribution in [2.24, 2.45) is 7.05 Å². The molecule has 112 valence electrons. The maximum atomic E-state index is 12.6. The monoisotopic (exact) mass is 304 g/mol. The van der Waals surface area contributed by atoms with Gasteiger partial charge in [-0.15, -0.1) is 11.3 Å². The van der Waals surface area contributed by atoms with Crippen LogP contribution in [-0.2, 0) is 19.9 Å². The Bertz CT molecular complexity index is 632. The maximum Gasteiger partial charge on any atom is 0.272 e. The molecule has 0 aliphatic heterocycles. The molecule has 0 radical (unpaired) electrons. The molecule has 0 saturated heterocycles. The lowest BCUT2D eigenvalue weighted by molar-refractivity contribution is 0.0928. The fraction of sp³-hybridized carbons (Fsp3) is 0.533. The van der Waals surface area contributed by atoms with Crippen LogP contribution in [0.4, 0.5) is 0 Å². The van der Waals surface area contributed by atoms with Gasteiger partial charge in [-0.25, -0.2) is 4.98 Å². The Hall–Kier alpha value is -1.69. The van der Waals surface area contributed by atoms with Gasteiger partial charge in [0.25, 0.3) is 5.91 Å². The van der Waals surface area contributed by atoms with Crippen molar-refractivity contribution in [1.82, 2.24) is 20.1 Å². The molecule has 1 N–H and O–H groups in total. The smallest absolute Gasteiger partial charge is 0.272 e. The number of rotatable bonds is 4. The highest BCUT2D eigenvalue weighted by molar-refractivity contribution is 7.09. The number of hydrogen-bond donors (Lipinski definition) is 1. The van der Waals surface area contributed by atoms with Gasteiger partial charge in [0, 0.05) is 29.9 Å². The molecule has 2 aromatic heterocycles. The zero-order valence-electron chi connectivity index (χ0n) is 12.4. The van der Waals surface area contributed by atoms with Crippen molar-refractivity contribution in [3.05, 3.63) is 33.5 Å². The number of carbonyl (C=O) groups excluding carboxylic acids is 1. The van der Waals surface area contributed by atoms with Gasteiger partial charge in [0.05, 0.1) is 6.04 Å². The lowest BCUT2D eigenvalue weighted by atomic mass is 9.95. The molecule has 0 spiro atoms. The van der Waals surface area contributed by atoms with Crippen LogP contribution in [0.25, 0.3) is 0 Å². The van der Waals surface area contributed by atoms with E-state index in [0.717, 1.165) is 36.3 Å². The minimum atomic E-state index is -0.0733. The minimum absolute atomic E-state index is 0.0289. The van der Waals surface area contributed by atoms with Gasteiger partial charge in [-0.1, -0.05) is 6.92 Å². The quantitative estimate of drug-likeness (QED) is 0.944. The van der Waals surface area contributed by atoms with Gasteiger partial charge in [0.2, 0.25) is 0 Å². The fourth-order valence-electron chi connectivity index (χ4n) is 2.93. The molecule has 3 rings (SSSR count). The van der Waals surface area contributed by atoms with Crippen LogP contribution in [0.1, 0.15) is 59.0 Å². The summed E-state index contributed by atoms with van der Waals surface area (Å²) in [5.41, 5.74) is 2.95. The van der Waals surface area contributed by atoms with Crippen LogP contribution in [0.2, 0.25) is 0 Å². The number of carbonyl (C=O) groups is 1. The number of aryl methyl sites for hydroxylation is 1. The largest absolute Gasteiger partial charge is 0.341 e. The highest BCUT2D eigenvalue weighted by atomic mass is 32.1. The highest BCUT2D eigenvalue weighted by Crippen LogP contribution is 2.25. The summed E-state index contributed by atoms with van der Waals surface area (Å²) < 4.78 is 1.87. The Morgan fingerprint density at radius 1 is 1.48 bits per heavy atom. The predicted octanol–water partition coefficient (Wildman–Crippen LogP) is 2.64. The van der Waals surface area contributed by atoms with Crippen molar-refractivity contribution in [2.45, 2.75) is 45.1 Å². The summed E-state index contributed by atoms with van der Waals surface area (Å²) >= 11 is 1.58. The summed E-state index contributed by atoms with van der Waals surface area (Å²) in [4.78, 5) is 16.9. The van der Waals surface area contributed by atoms with E-state index in [1.165, 1.54) is 12.1 Å². The number of amides is 1. The van der Waals surface area contributed by atoms with E-state index in [2.05, 4.69) is 22.3 Å². The Labute approximate surface area is 128 Å². The summed E-state index contributed by atoms with van der Waals surface area (Å²) in [5, 5.41) is 10.4. The SMILES string of the molecule is CC[C@@H](NC(=O)c1nn(C)c2c1CCCC2)c1nccs1. The van der Waals surface area contributed by atoms with Gasteiger partial charge in [-0.05, 0) is 32.1 Å². The zero-order chi connectivity index (χ0) is 14.8. The van der Waals surface area contributed by atoms with Crippen LogP contribution < -0.4 is 5.32 Å². The average Bonchev–Trinajstić information content (AvgIpc) is 3.13. The Kier molecular flexibility index (Phi) is 4.05. The minimum Gasteiger partial charge on any atom is -0.341 e. The topological polar surface area (TPSA) is 59.8 Å². The van der Waals surface area contributed by atoms with Crippen LogP contribution in [0.5, 0.6) is 0 Å². The number of nitrogens with zero attached hydrogens (tertiary/aromatic N) is 3. The van der Waals surface area contributed by atoms with Crippen molar-refractivity contribution < 1.29 is 4.79 Å². The lowest BCUT2D eigenvalue weighted by Crippen LogP contribution is -2.29. The summed E-state index contributed by atoms with van der Waals surface area (Å²) in [7, 11) is 1.93. The molecule has 2 heterocycles. The molecule has 0 saturated carbocycles. The molecular formula is C15H20N4OS. The van der Waals surface area contributed by atoms with E-state index in [1.807, 2.05) is 17.1 Å². The third-order valence-corrected chi connectivity index (χ3v) is 4.93. The molecule has 1 aliphatic carbocycles. The summed E-state index contributed by atoms with van der Waals surface area (Å²) in [6.07, 6.45) is 6.91. The second-order valence-electron chi connectivity index (χ2n) is 5.41. The lowest BCUT2D eigenvalue weighted by Gasteiger charge is -2.15. The molecule has 0 bridgehead atoms. The summed E-state index contributed by atoms with van der Waals surface area (Å²) in [5.74, 6) is -0.0733. The Morgan fingerprint density at radius 3 is 3.00 bits per heavy atom. The first-order valence-corrected chi connectivity index (χ1v) is 8.33. The standard InChI is InChI=1S/C15H20N4OS/c1-3-11(15-16-8-9-21-15)17-14(20)13-10-6-4-5-7-12(10)19(2)18-13/h8-9,11H,3-7H2,1-2H3,(H,17,20)/t11-/m1/s1. The Morgan fingerprint density at radius 2 is 2.29 bits per heavy atom. The second-order valence-corrected chi connectivity index (χ2v) is 6.34. The first kappa shape index (κ1) is 14.3. The predicted molar refractivity (Wildman–Crippen MR) is 82.5 cm³/mol. The molecule has 0 aromatic carbocycles. The van der Waals surface area contributed by atoms with E-state index in [4.69, 9.17) is 0 Å². The van der Waals surface area contributed by atoms with Crippen LogP contribution in [0.15, 0.2) is 11.6 Å². The number of fused-ring (bicyclic) bond motifs is 1. The molecule has 0 fully saturated rings. The van der Waals surface area contributed by atoms with Gasteiger partial charge in [0.1, 0.15) is 5.01 Å². The number of aromatic nitrogens is 3. The molecule has 6 heteroatoms. The summed E-state index contributed by atoms with van der Waals surface area (Å²) in [6.45, 7) is 2.06. The molecule has 5 nitrogen and oxygen atoms in total. The van der Waals surface area contributed by atoms with Gasteiger partial charge in [-0.3, -0.25) is 9.48 Å². The van der Waals surface area contributed by atoms with Gasteiger partial charge in [0.15, 0.2) is 5.69 Å². The van der Waals surface area contributed by atoms with Crippen LogP contribution in [0, 0.1) is 0 Å². The fourth-order valence-corrected chi connectivity index (χ4v) is 3.70. The first-order valence-electron chi connectivity index (χ1n) is 7.45. The van der Waals surface area contributed by atoms with Crippen LogP contribution in [0.3, 0.4) is 0 Å². The molecule has 1 aliphatic rings. The van der Waals surface area contributed by atoms with Gasteiger partial charge in [-0.2, -0.15) is 5.10 Å². The van der Waals surface area contributed by atoms with Gasteiger partial charge < -0.3 is 5.32 Å². The number of hydrogen-bond acceptors (Lipinski definition) is 4. The molecule has 2 aromatic rings. The molecule has 1 amide bonds. The van der Waals surface area contributed by atoms with Crippen molar-refractivity contribution in [2.75, 3.05) is 0 Å². The van der Waals surface area contributed by atoms with E-state index < -0.39 is 0 Å². The number of thiazole rings is 1. The molecule has 0 unspecified atom stereocenters. The van der Waals surface area contributed by atoms with Crippen molar-refractivity contribution in [3.63, 3.8) is 0 Å². The highest BCUT2D eigenvalue weighted by Gasteiger charge is 2.25. The van der Waals surface area contributed by atoms with E-state index in [0.29, 0.717) is 5.69 Å². The van der Waals surface area contributed by atoms with E-state index in [-0.39, 0.29) is 11.9 Å². The van der Waals surface area contributed by atoms with Crippen LogP contribution in [-0.4, -0.2) is 20.7 Å².